The van der Waals surface area contributed by atoms with Crippen molar-refractivity contribution in [3.05, 3.63) is 0 Å². The molecule has 20 heavy (non-hydrogen) atoms. The molecule has 0 aliphatic carbocycles. The molecule has 0 rings (SSSR count). The summed E-state index contributed by atoms with van der Waals surface area (Å²) in [6, 6.07) is 0.401. The van der Waals surface area contributed by atoms with Crippen LogP contribution in [0.4, 0.5) is 0 Å². The van der Waals surface area contributed by atoms with Gasteiger partial charge in [0, 0.05) is 13.0 Å². The molecule has 0 aromatic carbocycles. The van der Waals surface area contributed by atoms with Crippen molar-refractivity contribution in [2.24, 2.45) is 5.73 Å². The molecule has 0 saturated carbocycles. The number of rotatable bonds is 12. The lowest BCUT2D eigenvalue weighted by atomic mass is 10.0. The van der Waals surface area contributed by atoms with Crippen LogP contribution >= 0.6 is 0 Å². The lowest BCUT2D eigenvalue weighted by molar-refractivity contribution is -0.134. The Bertz CT molecular complexity index is 189. The number of hydrogen-bond donors (Lipinski definition) is 2. The van der Waals surface area contributed by atoms with Crippen LogP contribution in [0.5, 0.6) is 0 Å². The third-order valence-corrected chi connectivity index (χ3v) is 3.26. The van der Waals surface area contributed by atoms with Crippen LogP contribution in [-0.4, -0.2) is 17.1 Å². The largest absolute Gasteiger partial charge is 0.481 e. The first kappa shape index (κ1) is 21.7. The number of unbranched alkanes of at least 4 members (excludes halogenated alkanes) is 10. The molecule has 0 bridgehead atoms. The fraction of sp³-hybridized carbons (Fsp3) is 0.941. The Morgan fingerprint density at radius 1 is 0.900 bits per heavy atom. The molecule has 3 nitrogen and oxygen atoms in total. The fourth-order valence-electron chi connectivity index (χ4n) is 2.13. The van der Waals surface area contributed by atoms with E-state index in [1.165, 1.54) is 77.0 Å². The number of carboxylic acids is 1. The Kier molecular flexibility index (Phi) is 20.0. The van der Waals surface area contributed by atoms with Crippen molar-refractivity contribution in [2.75, 3.05) is 0 Å². The van der Waals surface area contributed by atoms with Gasteiger partial charge in [-0.2, -0.15) is 0 Å². The molecule has 0 aliphatic rings. The van der Waals surface area contributed by atoms with Crippen LogP contribution in [0.2, 0.25) is 0 Å². The molecule has 0 radical (unpaired) electrons. The maximum atomic E-state index is 9.00. The standard InChI is InChI=1S/C15H33N.C2H4O2/c1-3-4-5-6-7-8-9-10-11-12-13-14-15(2)16;1-2(3)4/h15H,3-14,16H2,1-2H3;1H3,(H,3,4). The van der Waals surface area contributed by atoms with Crippen LogP contribution in [-0.2, 0) is 4.79 Å². The second kappa shape index (κ2) is 18.4. The highest BCUT2D eigenvalue weighted by atomic mass is 16.4. The maximum absolute atomic E-state index is 9.00. The Morgan fingerprint density at radius 2 is 1.20 bits per heavy atom. The molecule has 0 aliphatic heterocycles. The van der Waals surface area contributed by atoms with Gasteiger partial charge < -0.3 is 10.8 Å². The minimum absolute atomic E-state index is 0.401. The van der Waals surface area contributed by atoms with Crippen molar-refractivity contribution in [1.82, 2.24) is 0 Å². The lowest BCUT2D eigenvalue weighted by Crippen LogP contribution is -2.13. The van der Waals surface area contributed by atoms with Crippen LogP contribution in [0.25, 0.3) is 0 Å². The van der Waals surface area contributed by atoms with E-state index in [1.807, 2.05) is 0 Å². The van der Waals surface area contributed by atoms with Crippen LogP contribution in [0, 0.1) is 0 Å². The summed E-state index contributed by atoms with van der Waals surface area (Å²) in [6.07, 6.45) is 16.8. The van der Waals surface area contributed by atoms with Crippen molar-refractivity contribution in [3.63, 3.8) is 0 Å². The van der Waals surface area contributed by atoms with Crippen molar-refractivity contribution in [2.45, 2.75) is 104 Å². The van der Waals surface area contributed by atoms with E-state index in [9.17, 15) is 0 Å². The molecule has 122 valence electrons. The Balaban J connectivity index is 0. The van der Waals surface area contributed by atoms with Gasteiger partial charge in [-0.05, 0) is 13.3 Å². The second-order valence-electron chi connectivity index (χ2n) is 5.82. The fourth-order valence-corrected chi connectivity index (χ4v) is 2.13. The van der Waals surface area contributed by atoms with E-state index in [0.29, 0.717) is 6.04 Å². The second-order valence-corrected chi connectivity index (χ2v) is 5.82. The first-order valence-electron chi connectivity index (χ1n) is 8.45. The molecule has 0 aromatic heterocycles. The van der Waals surface area contributed by atoms with Gasteiger partial charge in [-0.3, -0.25) is 4.79 Å². The van der Waals surface area contributed by atoms with E-state index in [1.54, 1.807) is 0 Å². The third-order valence-electron chi connectivity index (χ3n) is 3.26. The van der Waals surface area contributed by atoms with Gasteiger partial charge >= 0.3 is 0 Å². The third kappa shape index (κ3) is 30.5. The van der Waals surface area contributed by atoms with Gasteiger partial charge in [-0.1, -0.05) is 77.6 Å². The minimum Gasteiger partial charge on any atom is -0.481 e. The van der Waals surface area contributed by atoms with Gasteiger partial charge in [0.2, 0.25) is 0 Å². The zero-order valence-corrected chi connectivity index (χ0v) is 14.0. The van der Waals surface area contributed by atoms with E-state index in [-0.39, 0.29) is 0 Å². The molecule has 0 heterocycles. The van der Waals surface area contributed by atoms with Gasteiger partial charge in [0.1, 0.15) is 0 Å². The maximum Gasteiger partial charge on any atom is 0.300 e. The van der Waals surface area contributed by atoms with Gasteiger partial charge in [-0.25, -0.2) is 0 Å². The molecular formula is C17H37NO2. The number of nitrogens with two attached hydrogens (primary N) is 1. The minimum atomic E-state index is -0.833. The highest BCUT2D eigenvalue weighted by Crippen LogP contribution is 2.12. The van der Waals surface area contributed by atoms with Gasteiger partial charge in [0.05, 0.1) is 0 Å². The first-order valence-corrected chi connectivity index (χ1v) is 8.45. The molecular weight excluding hydrogens is 250 g/mol. The number of carbonyl (C=O) groups is 1. The quantitative estimate of drug-likeness (QED) is 0.489. The van der Waals surface area contributed by atoms with E-state index in [4.69, 9.17) is 15.6 Å². The molecule has 0 fully saturated rings. The Hall–Kier alpha value is -0.570. The van der Waals surface area contributed by atoms with Gasteiger partial charge in [0.25, 0.3) is 5.97 Å². The van der Waals surface area contributed by atoms with Crippen LogP contribution < -0.4 is 5.73 Å². The molecule has 3 heteroatoms. The van der Waals surface area contributed by atoms with Crippen LogP contribution in [0.3, 0.4) is 0 Å². The van der Waals surface area contributed by atoms with Crippen molar-refractivity contribution >= 4 is 5.97 Å². The van der Waals surface area contributed by atoms with Crippen LogP contribution in [0.15, 0.2) is 0 Å². The van der Waals surface area contributed by atoms with E-state index >= 15 is 0 Å². The molecule has 0 aromatic rings. The van der Waals surface area contributed by atoms with Gasteiger partial charge in [-0.15, -0.1) is 0 Å². The first-order chi connectivity index (χ1) is 9.50. The van der Waals surface area contributed by atoms with E-state index < -0.39 is 5.97 Å². The monoisotopic (exact) mass is 287 g/mol. The van der Waals surface area contributed by atoms with Gasteiger partial charge in [0.15, 0.2) is 0 Å². The average Bonchev–Trinajstić information content (AvgIpc) is 2.35. The molecule has 0 amide bonds. The Labute approximate surface area is 126 Å². The highest BCUT2D eigenvalue weighted by Gasteiger charge is 1.95. The summed E-state index contributed by atoms with van der Waals surface area (Å²) in [5.74, 6) is -0.833. The summed E-state index contributed by atoms with van der Waals surface area (Å²) in [5, 5.41) is 7.42. The number of aliphatic carboxylic acids is 1. The summed E-state index contributed by atoms with van der Waals surface area (Å²) >= 11 is 0. The molecule has 3 N–H and O–H groups in total. The molecule has 0 saturated heterocycles. The van der Waals surface area contributed by atoms with Crippen LogP contribution in [0.1, 0.15) is 97.8 Å². The predicted octanol–water partition coefficient (Wildman–Crippen LogP) is 5.13. The number of hydrogen-bond acceptors (Lipinski definition) is 2. The summed E-state index contributed by atoms with van der Waals surface area (Å²) in [4.78, 5) is 9.00. The van der Waals surface area contributed by atoms with Crippen molar-refractivity contribution in [3.8, 4) is 0 Å². The molecule has 0 spiro atoms. The zero-order chi connectivity index (χ0) is 15.6. The summed E-state index contributed by atoms with van der Waals surface area (Å²) < 4.78 is 0. The van der Waals surface area contributed by atoms with Crippen molar-refractivity contribution in [1.29, 1.82) is 0 Å². The smallest absolute Gasteiger partial charge is 0.300 e. The lowest BCUT2D eigenvalue weighted by Gasteiger charge is -2.04. The summed E-state index contributed by atoms with van der Waals surface area (Å²) in [5.41, 5.74) is 5.71. The summed E-state index contributed by atoms with van der Waals surface area (Å²) in [6.45, 7) is 5.47. The van der Waals surface area contributed by atoms with Crippen molar-refractivity contribution < 1.29 is 9.90 Å². The normalized spacial score (nSPS) is 11.6. The number of carboxylic acid groups (broad SMARTS) is 1. The predicted molar refractivity (Wildman–Crippen MR) is 88.0 cm³/mol. The highest BCUT2D eigenvalue weighted by molar-refractivity contribution is 5.62. The van der Waals surface area contributed by atoms with E-state index in [0.717, 1.165) is 6.92 Å². The molecule has 1 unspecified atom stereocenters. The molecule has 1 atom stereocenters. The van der Waals surface area contributed by atoms with E-state index in [2.05, 4.69) is 13.8 Å². The Morgan fingerprint density at radius 3 is 1.50 bits per heavy atom. The summed E-state index contributed by atoms with van der Waals surface area (Å²) in [7, 11) is 0. The topological polar surface area (TPSA) is 63.3 Å². The zero-order valence-electron chi connectivity index (χ0n) is 14.0. The average molecular weight is 287 g/mol. The SMILES string of the molecule is CC(=O)O.CCCCCCCCCCCCCC(C)N.